The predicted molar refractivity (Wildman–Crippen MR) is 88.3 cm³/mol. The average molecular weight is 384 g/mol. The molecule has 2 heterocycles. The molecule has 2 aromatic rings. The van der Waals surface area contributed by atoms with E-state index in [-0.39, 0.29) is 23.3 Å². The molecular formula is C17H19F3N4O3. The van der Waals surface area contributed by atoms with Gasteiger partial charge in [0.15, 0.2) is 12.4 Å². The van der Waals surface area contributed by atoms with Gasteiger partial charge in [0.1, 0.15) is 18.2 Å². The summed E-state index contributed by atoms with van der Waals surface area (Å²) in [6.07, 6.45) is -3.07. The van der Waals surface area contributed by atoms with Crippen LogP contribution in [0.15, 0.2) is 24.3 Å². The van der Waals surface area contributed by atoms with Gasteiger partial charge in [0.25, 0.3) is 5.91 Å². The number of amides is 1. The summed E-state index contributed by atoms with van der Waals surface area (Å²) < 4.78 is 48.2. The first-order valence-corrected chi connectivity index (χ1v) is 8.36. The summed E-state index contributed by atoms with van der Waals surface area (Å²) in [5.74, 6) is 1.05. The van der Waals surface area contributed by atoms with Crippen molar-refractivity contribution in [2.45, 2.75) is 38.2 Å². The summed E-state index contributed by atoms with van der Waals surface area (Å²) in [4.78, 5) is 16.8. The largest absolute Gasteiger partial charge is 0.484 e. The zero-order valence-electron chi connectivity index (χ0n) is 14.6. The zero-order valence-corrected chi connectivity index (χ0v) is 14.6. The molecule has 1 aromatic heterocycles. The summed E-state index contributed by atoms with van der Waals surface area (Å²) in [6.45, 7) is -0.608. The third-order valence-electron chi connectivity index (χ3n) is 4.01. The van der Waals surface area contributed by atoms with E-state index >= 15 is 0 Å². The Balaban J connectivity index is 1.60. The number of carbonyl (C=O) groups excluding carboxylic acids is 1. The molecule has 0 bridgehead atoms. The van der Waals surface area contributed by atoms with Gasteiger partial charge in [-0.15, -0.1) is 0 Å². The number of halogens is 3. The minimum atomic E-state index is -4.43. The number of alkyl halides is 3. The van der Waals surface area contributed by atoms with Gasteiger partial charge < -0.3 is 14.8 Å². The number of hydrogen-bond donors (Lipinski definition) is 1. The number of hydrogen-bond acceptors (Lipinski definition) is 5. The molecule has 0 saturated heterocycles. The number of fused-ring (bicyclic) bond motifs is 1. The van der Waals surface area contributed by atoms with Crippen molar-refractivity contribution in [3.8, 4) is 5.75 Å². The molecule has 10 heteroatoms. The van der Waals surface area contributed by atoms with E-state index in [1.54, 1.807) is 11.8 Å². The fourth-order valence-electron chi connectivity index (χ4n) is 2.83. The van der Waals surface area contributed by atoms with Gasteiger partial charge in [-0.05, 0) is 24.6 Å². The van der Waals surface area contributed by atoms with Crippen molar-refractivity contribution in [2.24, 2.45) is 0 Å². The lowest BCUT2D eigenvalue weighted by Gasteiger charge is -2.23. The van der Waals surface area contributed by atoms with Gasteiger partial charge in [0.2, 0.25) is 0 Å². The minimum absolute atomic E-state index is 0.00797. The van der Waals surface area contributed by atoms with Gasteiger partial charge in [0.05, 0.1) is 6.54 Å². The van der Waals surface area contributed by atoms with Crippen molar-refractivity contribution in [3.05, 3.63) is 41.5 Å². The molecule has 1 aromatic carbocycles. The molecule has 0 radical (unpaired) electrons. The van der Waals surface area contributed by atoms with Crippen LogP contribution in [-0.2, 0) is 24.3 Å². The van der Waals surface area contributed by atoms with Crippen LogP contribution >= 0.6 is 0 Å². The summed E-state index contributed by atoms with van der Waals surface area (Å²) in [5.41, 5.74) is 0.235. The molecule has 0 fully saturated rings. The van der Waals surface area contributed by atoms with Crippen molar-refractivity contribution in [3.63, 3.8) is 0 Å². The highest BCUT2D eigenvalue weighted by Crippen LogP contribution is 2.20. The molecule has 1 aliphatic heterocycles. The van der Waals surface area contributed by atoms with Crippen molar-refractivity contribution in [1.82, 2.24) is 20.1 Å². The molecule has 3 rings (SSSR count). The number of rotatable bonds is 6. The van der Waals surface area contributed by atoms with Crippen molar-refractivity contribution >= 4 is 5.91 Å². The molecule has 0 spiro atoms. The summed E-state index contributed by atoms with van der Waals surface area (Å²) >= 11 is 0. The number of aromatic nitrogens is 3. The molecule has 1 amide bonds. The van der Waals surface area contributed by atoms with Crippen molar-refractivity contribution < 1.29 is 27.4 Å². The number of carbonyl (C=O) groups is 1. The van der Waals surface area contributed by atoms with Crippen LogP contribution in [0, 0.1) is 0 Å². The van der Waals surface area contributed by atoms with Crippen LogP contribution in [0.1, 0.15) is 28.4 Å². The number of benzene rings is 1. The van der Waals surface area contributed by atoms with E-state index in [0.29, 0.717) is 31.8 Å². The molecule has 146 valence electrons. The van der Waals surface area contributed by atoms with Crippen LogP contribution in [0.2, 0.25) is 0 Å². The topological polar surface area (TPSA) is 78.3 Å². The van der Waals surface area contributed by atoms with E-state index in [0.717, 1.165) is 5.82 Å². The highest BCUT2D eigenvalue weighted by molar-refractivity contribution is 5.94. The fourth-order valence-corrected chi connectivity index (χ4v) is 2.83. The maximum absolute atomic E-state index is 12.4. The third kappa shape index (κ3) is 5.19. The zero-order chi connectivity index (χ0) is 19.4. The number of nitrogens with one attached hydrogen (secondary N) is 1. The molecule has 7 nitrogen and oxygen atoms in total. The summed E-state index contributed by atoms with van der Waals surface area (Å²) in [5, 5.41) is 7.22. The third-order valence-corrected chi connectivity index (χ3v) is 4.01. The Bertz CT molecular complexity index is 807. The number of ether oxygens (including phenoxy) is 2. The Hall–Kier alpha value is -2.62. The van der Waals surface area contributed by atoms with E-state index in [2.05, 4.69) is 20.1 Å². The van der Waals surface area contributed by atoms with Gasteiger partial charge in [-0.3, -0.25) is 4.79 Å². The van der Waals surface area contributed by atoms with Crippen molar-refractivity contribution in [1.29, 1.82) is 0 Å². The first-order chi connectivity index (χ1) is 12.8. The number of aryl methyl sites for hydroxylation is 1. The number of nitrogens with zero attached hydrogens (tertiary/aromatic N) is 3. The van der Waals surface area contributed by atoms with Gasteiger partial charge in [-0.1, -0.05) is 6.07 Å². The average Bonchev–Trinajstić information content (AvgIpc) is 3.01. The van der Waals surface area contributed by atoms with E-state index in [9.17, 15) is 18.0 Å². The van der Waals surface area contributed by atoms with E-state index in [1.807, 2.05) is 0 Å². The van der Waals surface area contributed by atoms with E-state index < -0.39 is 12.8 Å². The minimum Gasteiger partial charge on any atom is -0.484 e. The molecule has 1 N–H and O–H groups in total. The molecular weight excluding hydrogens is 365 g/mol. The smallest absolute Gasteiger partial charge is 0.422 e. The van der Waals surface area contributed by atoms with Crippen LogP contribution in [0.5, 0.6) is 5.75 Å². The second-order valence-electron chi connectivity index (χ2n) is 6.20. The maximum Gasteiger partial charge on any atom is 0.422 e. The lowest BCUT2D eigenvalue weighted by molar-refractivity contribution is -0.153. The van der Waals surface area contributed by atoms with Crippen molar-refractivity contribution in [2.75, 3.05) is 13.7 Å². The first-order valence-electron chi connectivity index (χ1n) is 8.36. The SMILES string of the molecule is COCc1nc2n(n1)CC(NC(=O)c1cccc(OCC(F)(F)F)c1)CC2. The first kappa shape index (κ1) is 19.2. The predicted octanol–water partition coefficient (Wildman–Crippen LogP) is 2.11. The van der Waals surface area contributed by atoms with Gasteiger partial charge >= 0.3 is 6.18 Å². The monoisotopic (exact) mass is 384 g/mol. The van der Waals surface area contributed by atoms with Crippen LogP contribution in [0.3, 0.4) is 0 Å². The quantitative estimate of drug-likeness (QED) is 0.825. The maximum atomic E-state index is 12.4. The molecule has 0 saturated carbocycles. The molecule has 1 atom stereocenters. The second kappa shape index (κ2) is 7.95. The lowest BCUT2D eigenvalue weighted by atomic mass is 10.1. The molecule has 0 aliphatic carbocycles. The Kier molecular flexibility index (Phi) is 5.64. The normalized spacial score (nSPS) is 16.7. The van der Waals surface area contributed by atoms with Gasteiger partial charge in [-0.2, -0.15) is 18.3 Å². The molecule has 27 heavy (non-hydrogen) atoms. The Morgan fingerprint density at radius 1 is 1.41 bits per heavy atom. The van der Waals surface area contributed by atoms with Gasteiger partial charge in [-0.25, -0.2) is 9.67 Å². The van der Waals surface area contributed by atoms with Crippen LogP contribution in [0.4, 0.5) is 13.2 Å². The Morgan fingerprint density at radius 2 is 2.22 bits per heavy atom. The summed E-state index contributed by atoms with van der Waals surface area (Å²) in [6, 6.07) is 5.52. The Labute approximate surface area is 153 Å². The van der Waals surface area contributed by atoms with E-state index in [4.69, 9.17) is 4.74 Å². The molecule has 1 aliphatic rings. The van der Waals surface area contributed by atoms with E-state index in [1.165, 1.54) is 24.3 Å². The van der Waals surface area contributed by atoms with Crippen LogP contribution in [-0.4, -0.2) is 46.6 Å². The van der Waals surface area contributed by atoms with Crippen LogP contribution < -0.4 is 10.1 Å². The summed E-state index contributed by atoms with van der Waals surface area (Å²) in [7, 11) is 1.57. The highest BCUT2D eigenvalue weighted by atomic mass is 19.4. The standard InChI is InChI=1S/C17H19F3N4O3/c1-26-9-14-22-15-6-5-12(8-24(15)23-14)21-16(25)11-3-2-4-13(7-11)27-10-17(18,19)20/h2-4,7,12H,5-6,8-10H2,1H3,(H,21,25). The van der Waals surface area contributed by atoms with Crippen LogP contribution in [0.25, 0.3) is 0 Å². The number of methoxy groups -OCH3 is 1. The second-order valence-corrected chi connectivity index (χ2v) is 6.20. The van der Waals surface area contributed by atoms with Gasteiger partial charge in [0, 0.05) is 25.1 Å². The molecule has 1 unspecified atom stereocenters. The highest BCUT2D eigenvalue weighted by Gasteiger charge is 2.28. The lowest BCUT2D eigenvalue weighted by Crippen LogP contribution is -2.41. The fraction of sp³-hybridized carbons (Fsp3) is 0.471. The Morgan fingerprint density at radius 3 is 2.96 bits per heavy atom.